The summed E-state index contributed by atoms with van der Waals surface area (Å²) in [6.07, 6.45) is 4.36. The molecule has 0 amide bonds. The molecule has 0 bridgehead atoms. The summed E-state index contributed by atoms with van der Waals surface area (Å²) in [4.78, 5) is 2.61. The molecule has 0 N–H and O–H groups in total. The minimum absolute atomic E-state index is 0.0868. The van der Waals surface area contributed by atoms with E-state index in [1.165, 1.54) is 19.3 Å². The number of hydrogen-bond acceptors (Lipinski definition) is 0. The maximum atomic E-state index is 2.61. The van der Waals surface area contributed by atoms with Crippen LogP contribution < -0.4 is 0 Å². The van der Waals surface area contributed by atoms with E-state index in [0.717, 1.165) is 0 Å². The van der Waals surface area contributed by atoms with Crippen LogP contribution >= 0.6 is 0 Å². The Kier molecular flexibility index (Phi) is 2.78. The van der Waals surface area contributed by atoms with E-state index in [1.54, 1.807) is 10.6 Å². The topological polar surface area (TPSA) is 0 Å². The summed E-state index contributed by atoms with van der Waals surface area (Å²) in [5, 5.41) is 3.15. The molecule has 0 saturated heterocycles. The monoisotopic (exact) mass is 178 g/mol. The normalized spacial score (nSPS) is 27.9. The summed E-state index contributed by atoms with van der Waals surface area (Å²) in [6.45, 7) is 2.30. The van der Waals surface area contributed by atoms with Gasteiger partial charge in [0.05, 0.1) is 0 Å². The van der Waals surface area contributed by atoms with Crippen molar-refractivity contribution in [1.82, 2.24) is 0 Å². The van der Waals surface area contributed by atoms with Crippen LogP contribution in [0, 0.1) is 0 Å². The zero-order chi connectivity index (χ0) is 5.82. The van der Waals surface area contributed by atoms with Gasteiger partial charge in [-0.15, -0.1) is 0 Å². The first kappa shape index (κ1) is 6.51. The first-order chi connectivity index (χ1) is 3.93. The third kappa shape index (κ3) is 1.72. The van der Waals surface area contributed by atoms with Gasteiger partial charge in [0, 0.05) is 0 Å². The van der Waals surface area contributed by atoms with Gasteiger partial charge in [-0.25, -0.2) is 0 Å². The van der Waals surface area contributed by atoms with E-state index in [2.05, 4.69) is 11.8 Å². The SMILES string of the molecule is CCC[Se]1=CCCC1. The summed E-state index contributed by atoms with van der Waals surface area (Å²) >= 11 is -0.0868. The van der Waals surface area contributed by atoms with Gasteiger partial charge in [0.15, 0.2) is 0 Å². The fraction of sp³-hybridized carbons (Fsp3) is 0.857. The second-order valence-corrected chi connectivity index (χ2v) is 6.92. The quantitative estimate of drug-likeness (QED) is 0.566. The van der Waals surface area contributed by atoms with E-state index in [1.807, 2.05) is 0 Å². The van der Waals surface area contributed by atoms with Crippen LogP contribution in [-0.2, 0) is 0 Å². The Hall–Kier alpha value is 0.389. The Bertz CT molecular complexity index is 94.6. The Morgan fingerprint density at radius 3 is 3.00 bits per heavy atom. The van der Waals surface area contributed by atoms with Crippen LogP contribution in [0.3, 0.4) is 0 Å². The van der Waals surface area contributed by atoms with E-state index in [0.29, 0.717) is 0 Å². The predicted molar refractivity (Wildman–Crippen MR) is 41.0 cm³/mol. The third-order valence-corrected chi connectivity index (χ3v) is 6.58. The molecule has 0 fully saturated rings. The molecule has 1 rings (SSSR count). The maximum absolute atomic E-state index is 2.61. The standard InChI is InChI=1S/C7H14Se/c1-2-5-8-6-3-4-7-8/h6H,2-5,7H2,1H3. The minimum atomic E-state index is -0.0868. The number of rotatable bonds is 2. The molecule has 8 heavy (non-hydrogen) atoms. The van der Waals surface area contributed by atoms with Crippen molar-refractivity contribution in [3.63, 3.8) is 0 Å². The van der Waals surface area contributed by atoms with Crippen LogP contribution in [0.15, 0.2) is 0 Å². The number of hydrogen-bond donors (Lipinski definition) is 0. The van der Waals surface area contributed by atoms with E-state index < -0.39 is 0 Å². The van der Waals surface area contributed by atoms with E-state index in [-0.39, 0.29) is 13.5 Å². The van der Waals surface area contributed by atoms with E-state index in [4.69, 9.17) is 0 Å². The molecule has 1 aliphatic rings. The van der Waals surface area contributed by atoms with E-state index >= 15 is 0 Å². The van der Waals surface area contributed by atoms with Gasteiger partial charge in [-0.3, -0.25) is 0 Å². The van der Waals surface area contributed by atoms with Crippen molar-refractivity contribution in [1.29, 1.82) is 0 Å². The van der Waals surface area contributed by atoms with Crippen LogP contribution in [0.1, 0.15) is 26.2 Å². The van der Waals surface area contributed by atoms with E-state index in [9.17, 15) is 0 Å². The molecule has 0 radical (unpaired) electrons. The second-order valence-electron chi connectivity index (χ2n) is 2.25. The molecule has 0 nitrogen and oxygen atoms in total. The molecule has 0 aromatic heterocycles. The van der Waals surface area contributed by atoms with Gasteiger partial charge < -0.3 is 0 Å². The van der Waals surface area contributed by atoms with Crippen molar-refractivity contribution in [3.8, 4) is 0 Å². The van der Waals surface area contributed by atoms with Crippen LogP contribution in [-0.4, -0.2) is 18.4 Å². The first-order valence-electron chi connectivity index (χ1n) is 3.43. The van der Waals surface area contributed by atoms with Crippen molar-refractivity contribution in [2.75, 3.05) is 0 Å². The molecular formula is C7H14Se. The molecule has 48 valence electrons. The zero-order valence-corrected chi connectivity index (χ0v) is 7.23. The Morgan fingerprint density at radius 1 is 1.62 bits per heavy atom. The molecule has 0 spiro atoms. The molecule has 0 saturated carbocycles. The average molecular weight is 177 g/mol. The van der Waals surface area contributed by atoms with Gasteiger partial charge in [0.2, 0.25) is 0 Å². The molecule has 1 unspecified atom stereocenters. The Labute approximate surface area is 55.7 Å². The molecular weight excluding hydrogens is 163 g/mol. The van der Waals surface area contributed by atoms with Gasteiger partial charge in [-0.1, -0.05) is 0 Å². The summed E-state index contributed by atoms with van der Waals surface area (Å²) in [6, 6.07) is 0. The van der Waals surface area contributed by atoms with Crippen LogP contribution in [0.4, 0.5) is 0 Å². The predicted octanol–water partition coefficient (Wildman–Crippen LogP) is 2.07. The van der Waals surface area contributed by atoms with Gasteiger partial charge in [-0.05, 0) is 0 Å². The van der Waals surface area contributed by atoms with Crippen molar-refractivity contribution < 1.29 is 0 Å². The van der Waals surface area contributed by atoms with Crippen LogP contribution in [0.5, 0.6) is 0 Å². The molecule has 0 aromatic carbocycles. The fourth-order valence-corrected chi connectivity index (χ4v) is 5.45. The van der Waals surface area contributed by atoms with Crippen molar-refractivity contribution in [3.05, 3.63) is 0 Å². The van der Waals surface area contributed by atoms with Crippen molar-refractivity contribution in [2.45, 2.75) is 36.8 Å². The summed E-state index contributed by atoms with van der Waals surface area (Å²) in [7, 11) is 0. The average Bonchev–Trinajstić information content (AvgIpc) is 2.19. The van der Waals surface area contributed by atoms with Crippen LogP contribution in [0.2, 0.25) is 10.6 Å². The zero-order valence-electron chi connectivity index (χ0n) is 5.52. The summed E-state index contributed by atoms with van der Waals surface area (Å²) < 4.78 is 0. The van der Waals surface area contributed by atoms with Crippen LogP contribution in [0.25, 0.3) is 0 Å². The molecule has 1 atom stereocenters. The van der Waals surface area contributed by atoms with Gasteiger partial charge in [0.1, 0.15) is 0 Å². The van der Waals surface area contributed by atoms with Gasteiger partial charge in [0.25, 0.3) is 0 Å². The van der Waals surface area contributed by atoms with Gasteiger partial charge >= 0.3 is 55.2 Å². The van der Waals surface area contributed by atoms with Crippen molar-refractivity contribution >= 4 is 18.4 Å². The Balaban J connectivity index is 2.23. The fourth-order valence-electron chi connectivity index (χ4n) is 1.05. The van der Waals surface area contributed by atoms with Gasteiger partial charge in [-0.2, -0.15) is 0 Å². The molecule has 1 aliphatic heterocycles. The molecule has 1 heteroatoms. The summed E-state index contributed by atoms with van der Waals surface area (Å²) in [5.74, 6) is 0. The first-order valence-corrected chi connectivity index (χ1v) is 6.84. The molecule has 0 aromatic rings. The molecule has 0 aliphatic carbocycles. The summed E-state index contributed by atoms with van der Waals surface area (Å²) in [5.41, 5.74) is 0. The van der Waals surface area contributed by atoms with Crippen molar-refractivity contribution in [2.24, 2.45) is 0 Å². The molecule has 1 heterocycles. The second kappa shape index (κ2) is 3.42. The Morgan fingerprint density at radius 2 is 2.50 bits per heavy atom. The third-order valence-electron chi connectivity index (χ3n) is 1.43.